The van der Waals surface area contributed by atoms with E-state index in [2.05, 4.69) is 10.5 Å². The van der Waals surface area contributed by atoms with E-state index in [1.807, 2.05) is 31.3 Å². The minimum atomic E-state index is -0.909. The molecule has 0 bridgehead atoms. The first-order valence-electron chi connectivity index (χ1n) is 6.44. The Morgan fingerprint density at radius 1 is 1.14 bits per heavy atom. The third kappa shape index (κ3) is 2.28. The fourth-order valence-electron chi connectivity index (χ4n) is 2.48. The van der Waals surface area contributed by atoms with Crippen LogP contribution in [-0.4, -0.2) is 9.78 Å². The SMILES string of the molecule is Cn1nc(C(NN)c2ccc(F)c(F)c2)c2ccccc21. The van der Waals surface area contributed by atoms with Crippen LogP contribution >= 0.6 is 0 Å². The van der Waals surface area contributed by atoms with Gasteiger partial charge < -0.3 is 0 Å². The van der Waals surface area contributed by atoms with E-state index in [1.165, 1.54) is 6.07 Å². The van der Waals surface area contributed by atoms with Gasteiger partial charge in [0.1, 0.15) is 0 Å². The third-order valence-corrected chi connectivity index (χ3v) is 3.50. The zero-order chi connectivity index (χ0) is 15.0. The van der Waals surface area contributed by atoms with Gasteiger partial charge in [0.15, 0.2) is 11.6 Å². The largest absolute Gasteiger partial charge is 0.271 e. The molecule has 0 aliphatic rings. The van der Waals surface area contributed by atoms with Crippen molar-refractivity contribution in [2.45, 2.75) is 6.04 Å². The maximum Gasteiger partial charge on any atom is 0.159 e. The van der Waals surface area contributed by atoms with Gasteiger partial charge >= 0.3 is 0 Å². The predicted octanol–water partition coefficient (Wildman–Crippen LogP) is 2.40. The second-order valence-electron chi connectivity index (χ2n) is 4.80. The quantitative estimate of drug-likeness (QED) is 0.575. The summed E-state index contributed by atoms with van der Waals surface area (Å²) in [4.78, 5) is 0. The summed E-state index contributed by atoms with van der Waals surface area (Å²) < 4.78 is 28.3. The molecule has 4 nitrogen and oxygen atoms in total. The van der Waals surface area contributed by atoms with Crippen LogP contribution in [0.2, 0.25) is 0 Å². The number of hydrogen-bond donors (Lipinski definition) is 2. The molecule has 0 spiro atoms. The number of fused-ring (bicyclic) bond motifs is 1. The van der Waals surface area contributed by atoms with Crippen LogP contribution in [0.1, 0.15) is 17.3 Å². The number of hydrogen-bond acceptors (Lipinski definition) is 3. The van der Waals surface area contributed by atoms with E-state index >= 15 is 0 Å². The summed E-state index contributed by atoms with van der Waals surface area (Å²) in [6, 6.07) is 10.8. The van der Waals surface area contributed by atoms with Crippen molar-refractivity contribution in [3.05, 3.63) is 65.4 Å². The smallest absolute Gasteiger partial charge is 0.159 e. The molecule has 3 aromatic rings. The minimum absolute atomic E-state index is 0.514. The summed E-state index contributed by atoms with van der Waals surface area (Å²) in [6.07, 6.45) is 0. The molecule has 2 aromatic carbocycles. The van der Waals surface area contributed by atoms with Gasteiger partial charge in [-0.25, -0.2) is 14.2 Å². The van der Waals surface area contributed by atoms with Crippen molar-refractivity contribution in [2.75, 3.05) is 0 Å². The van der Waals surface area contributed by atoms with E-state index in [1.54, 1.807) is 4.68 Å². The molecule has 108 valence electrons. The van der Waals surface area contributed by atoms with Crippen LogP contribution in [0, 0.1) is 11.6 Å². The van der Waals surface area contributed by atoms with E-state index in [0.717, 1.165) is 23.0 Å². The molecule has 0 aliphatic carbocycles. The molecule has 1 unspecified atom stereocenters. The number of aryl methyl sites for hydroxylation is 1. The van der Waals surface area contributed by atoms with E-state index in [4.69, 9.17) is 5.84 Å². The van der Waals surface area contributed by atoms with Gasteiger partial charge in [-0.15, -0.1) is 0 Å². The summed E-state index contributed by atoms with van der Waals surface area (Å²) in [5.41, 5.74) is 4.74. The molecule has 0 radical (unpaired) electrons. The topological polar surface area (TPSA) is 55.9 Å². The number of nitrogens with zero attached hydrogens (tertiary/aromatic N) is 2. The lowest BCUT2D eigenvalue weighted by Crippen LogP contribution is -2.29. The Balaban J connectivity index is 2.16. The Hall–Kier alpha value is -2.31. The molecule has 3 rings (SSSR count). The summed E-state index contributed by atoms with van der Waals surface area (Å²) in [7, 11) is 1.82. The first kappa shape index (κ1) is 13.7. The second kappa shape index (κ2) is 5.23. The first-order chi connectivity index (χ1) is 10.1. The van der Waals surface area contributed by atoms with Crippen molar-refractivity contribution in [2.24, 2.45) is 12.9 Å². The van der Waals surface area contributed by atoms with Gasteiger partial charge in [0, 0.05) is 12.4 Å². The highest BCUT2D eigenvalue weighted by atomic mass is 19.2. The fourth-order valence-corrected chi connectivity index (χ4v) is 2.48. The monoisotopic (exact) mass is 288 g/mol. The first-order valence-corrected chi connectivity index (χ1v) is 6.44. The molecular formula is C15H14F2N4. The number of benzene rings is 2. The Kier molecular flexibility index (Phi) is 3.40. The van der Waals surface area contributed by atoms with Crippen LogP contribution in [0.15, 0.2) is 42.5 Å². The molecule has 3 N–H and O–H groups in total. The van der Waals surface area contributed by atoms with Crippen molar-refractivity contribution >= 4 is 10.9 Å². The number of nitrogens with one attached hydrogen (secondary N) is 1. The number of halogens is 2. The van der Waals surface area contributed by atoms with E-state index in [-0.39, 0.29) is 0 Å². The molecule has 1 heterocycles. The normalized spacial score (nSPS) is 12.8. The van der Waals surface area contributed by atoms with Crippen molar-refractivity contribution in [3.8, 4) is 0 Å². The summed E-state index contributed by atoms with van der Waals surface area (Å²) in [5, 5.41) is 5.36. The summed E-state index contributed by atoms with van der Waals surface area (Å²) >= 11 is 0. The van der Waals surface area contributed by atoms with Crippen LogP contribution in [0.25, 0.3) is 10.9 Å². The lowest BCUT2D eigenvalue weighted by atomic mass is 10.0. The van der Waals surface area contributed by atoms with Crippen molar-refractivity contribution < 1.29 is 8.78 Å². The Morgan fingerprint density at radius 2 is 1.90 bits per heavy atom. The number of nitrogens with two attached hydrogens (primary N) is 1. The lowest BCUT2D eigenvalue weighted by molar-refractivity contribution is 0.503. The van der Waals surface area contributed by atoms with E-state index < -0.39 is 17.7 Å². The van der Waals surface area contributed by atoms with Gasteiger partial charge in [0.2, 0.25) is 0 Å². The highest BCUT2D eigenvalue weighted by Gasteiger charge is 2.20. The average Bonchev–Trinajstić information content (AvgIpc) is 2.82. The highest BCUT2D eigenvalue weighted by Crippen LogP contribution is 2.28. The van der Waals surface area contributed by atoms with Crippen LogP contribution < -0.4 is 11.3 Å². The van der Waals surface area contributed by atoms with Crippen molar-refractivity contribution in [1.82, 2.24) is 15.2 Å². The zero-order valence-electron chi connectivity index (χ0n) is 11.3. The molecule has 21 heavy (non-hydrogen) atoms. The maximum absolute atomic E-state index is 13.4. The van der Waals surface area contributed by atoms with E-state index in [9.17, 15) is 8.78 Å². The Morgan fingerprint density at radius 3 is 2.62 bits per heavy atom. The number of para-hydroxylation sites is 1. The molecule has 6 heteroatoms. The van der Waals surface area contributed by atoms with Gasteiger partial charge in [0.25, 0.3) is 0 Å². The van der Waals surface area contributed by atoms with Crippen LogP contribution in [0.5, 0.6) is 0 Å². The predicted molar refractivity (Wildman–Crippen MR) is 76.2 cm³/mol. The fraction of sp³-hybridized carbons (Fsp3) is 0.133. The van der Waals surface area contributed by atoms with Crippen LogP contribution in [0.4, 0.5) is 8.78 Å². The van der Waals surface area contributed by atoms with Crippen molar-refractivity contribution in [1.29, 1.82) is 0 Å². The second-order valence-corrected chi connectivity index (χ2v) is 4.80. The molecule has 0 saturated carbocycles. The molecule has 0 saturated heterocycles. The molecule has 0 amide bonds. The lowest BCUT2D eigenvalue weighted by Gasteiger charge is -2.14. The standard InChI is InChI=1S/C15H14F2N4/c1-21-13-5-3-2-4-10(13)15(20-21)14(19-18)9-6-7-11(16)12(17)8-9/h2-8,14,19H,18H2,1H3. The molecular weight excluding hydrogens is 274 g/mol. The summed E-state index contributed by atoms with van der Waals surface area (Å²) in [5.74, 6) is 3.81. The maximum atomic E-state index is 13.4. The van der Waals surface area contributed by atoms with E-state index in [0.29, 0.717) is 11.3 Å². The Bertz CT molecular complexity index is 797. The van der Waals surface area contributed by atoms with Gasteiger partial charge in [0.05, 0.1) is 17.3 Å². The van der Waals surface area contributed by atoms with Gasteiger partial charge in [-0.3, -0.25) is 10.5 Å². The Labute approximate surface area is 120 Å². The number of rotatable bonds is 3. The number of hydrazine groups is 1. The highest BCUT2D eigenvalue weighted by molar-refractivity contribution is 5.82. The third-order valence-electron chi connectivity index (χ3n) is 3.50. The van der Waals surface area contributed by atoms with Gasteiger partial charge in [-0.05, 0) is 23.8 Å². The summed E-state index contributed by atoms with van der Waals surface area (Å²) in [6.45, 7) is 0. The van der Waals surface area contributed by atoms with Crippen LogP contribution in [-0.2, 0) is 7.05 Å². The zero-order valence-corrected chi connectivity index (χ0v) is 11.3. The average molecular weight is 288 g/mol. The minimum Gasteiger partial charge on any atom is -0.271 e. The molecule has 1 aromatic heterocycles. The molecule has 0 aliphatic heterocycles. The molecule has 0 fully saturated rings. The van der Waals surface area contributed by atoms with Crippen molar-refractivity contribution in [3.63, 3.8) is 0 Å². The van der Waals surface area contributed by atoms with Gasteiger partial charge in [-0.2, -0.15) is 5.10 Å². The van der Waals surface area contributed by atoms with Gasteiger partial charge in [-0.1, -0.05) is 24.3 Å². The number of aromatic nitrogens is 2. The van der Waals surface area contributed by atoms with Crippen LogP contribution in [0.3, 0.4) is 0 Å². The molecule has 1 atom stereocenters.